The second-order valence-electron chi connectivity index (χ2n) is 5.04. The lowest BCUT2D eigenvalue weighted by atomic mass is 9.97. The molecule has 1 amide bonds. The molecule has 20 heavy (non-hydrogen) atoms. The smallest absolute Gasteiger partial charge is 0.253 e. The highest BCUT2D eigenvalue weighted by Gasteiger charge is 2.23. The number of hydrogen-bond donors (Lipinski definition) is 1. The largest absolute Gasteiger partial charge is 0.490 e. The summed E-state index contributed by atoms with van der Waals surface area (Å²) in [4.78, 5) is 14.2. The normalized spacial score (nSPS) is 15.9. The molecule has 0 spiro atoms. The summed E-state index contributed by atoms with van der Waals surface area (Å²) >= 11 is 0. The van der Waals surface area contributed by atoms with Crippen LogP contribution < -0.4 is 4.74 Å². The molecule has 108 valence electrons. The van der Waals surface area contributed by atoms with Crippen LogP contribution in [0.5, 0.6) is 5.75 Å². The van der Waals surface area contributed by atoms with E-state index >= 15 is 0 Å². The molecule has 2 rings (SSSR count). The van der Waals surface area contributed by atoms with Gasteiger partial charge in [-0.2, -0.15) is 0 Å². The fourth-order valence-corrected chi connectivity index (χ4v) is 2.35. The number of aliphatic hydroxyl groups is 1. The van der Waals surface area contributed by atoms with Crippen LogP contribution in [0, 0.1) is 5.92 Å². The lowest BCUT2D eigenvalue weighted by Gasteiger charge is -2.31. The minimum atomic E-state index is 0.0525. The molecule has 4 nitrogen and oxygen atoms in total. The Balaban J connectivity index is 1.94. The second-order valence-corrected chi connectivity index (χ2v) is 5.04. The topological polar surface area (TPSA) is 49.8 Å². The van der Waals surface area contributed by atoms with Gasteiger partial charge in [0.15, 0.2) is 0 Å². The van der Waals surface area contributed by atoms with Gasteiger partial charge in [0.25, 0.3) is 5.91 Å². The number of ether oxygens (including phenoxy) is 1. The van der Waals surface area contributed by atoms with Crippen molar-refractivity contribution in [3.63, 3.8) is 0 Å². The van der Waals surface area contributed by atoms with Gasteiger partial charge in [-0.1, -0.05) is 12.7 Å². The first-order chi connectivity index (χ1) is 9.74. The van der Waals surface area contributed by atoms with Crippen LogP contribution in [0.4, 0.5) is 0 Å². The molecule has 1 aromatic rings. The highest BCUT2D eigenvalue weighted by molar-refractivity contribution is 5.94. The maximum Gasteiger partial charge on any atom is 0.253 e. The van der Waals surface area contributed by atoms with E-state index in [1.54, 1.807) is 30.3 Å². The predicted octanol–water partition coefficient (Wildman–Crippen LogP) is 2.10. The van der Waals surface area contributed by atoms with Crippen molar-refractivity contribution in [1.29, 1.82) is 0 Å². The van der Waals surface area contributed by atoms with Crippen molar-refractivity contribution in [1.82, 2.24) is 4.90 Å². The summed E-state index contributed by atoms with van der Waals surface area (Å²) in [5.41, 5.74) is 0.679. The fraction of sp³-hybridized carbons (Fsp3) is 0.438. The number of benzene rings is 1. The maximum atomic E-state index is 12.3. The van der Waals surface area contributed by atoms with Crippen molar-refractivity contribution in [2.24, 2.45) is 5.92 Å². The Kier molecular flexibility index (Phi) is 5.18. The molecule has 0 bridgehead atoms. The summed E-state index contributed by atoms with van der Waals surface area (Å²) < 4.78 is 5.39. The van der Waals surface area contributed by atoms with E-state index in [4.69, 9.17) is 9.84 Å². The van der Waals surface area contributed by atoms with E-state index in [9.17, 15) is 4.79 Å². The van der Waals surface area contributed by atoms with Crippen molar-refractivity contribution >= 4 is 5.91 Å². The number of rotatable bonds is 5. The molecular formula is C16H21NO3. The zero-order chi connectivity index (χ0) is 14.4. The van der Waals surface area contributed by atoms with Crippen molar-refractivity contribution < 1.29 is 14.6 Å². The number of nitrogens with zero attached hydrogens (tertiary/aromatic N) is 1. The first-order valence-electron chi connectivity index (χ1n) is 6.98. The Morgan fingerprint density at radius 2 is 2.00 bits per heavy atom. The monoisotopic (exact) mass is 275 g/mol. The van der Waals surface area contributed by atoms with Crippen LogP contribution in [0.15, 0.2) is 36.9 Å². The molecule has 1 aliphatic rings. The summed E-state index contributed by atoms with van der Waals surface area (Å²) in [7, 11) is 0. The molecule has 0 saturated carbocycles. The molecule has 1 aromatic carbocycles. The summed E-state index contributed by atoms with van der Waals surface area (Å²) in [6.45, 7) is 5.71. The average molecular weight is 275 g/mol. The molecule has 0 radical (unpaired) electrons. The number of hydrogen-bond acceptors (Lipinski definition) is 3. The predicted molar refractivity (Wildman–Crippen MR) is 77.8 cm³/mol. The summed E-state index contributed by atoms with van der Waals surface area (Å²) in [6.07, 6.45) is 3.44. The van der Waals surface area contributed by atoms with Crippen LogP contribution in [0.1, 0.15) is 23.2 Å². The molecule has 1 fully saturated rings. The zero-order valence-corrected chi connectivity index (χ0v) is 11.6. The van der Waals surface area contributed by atoms with E-state index in [0.29, 0.717) is 18.1 Å². The number of carbonyl (C=O) groups excluding carboxylic acids is 1. The number of likely N-dealkylation sites (tertiary alicyclic amines) is 1. The molecule has 0 aliphatic carbocycles. The minimum Gasteiger partial charge on any atom is -0.490 e. The van der Waals surface area contributed by atoms with Crippen LogP contribution in [0.2, 0.25) is 0 Å². The van der Waals surface area contributed by atoms with Gasteiger partial charge in [0.1, 0.15) is 12.4 Å². The second kappa shape index (κ2) is 7.10. The van der Waals surface area contributed by atoms with Gasteiger partial charge in [-0.15, -0.1) is 0 Å². The van der Waals surface area contributed by atoms with E-state index in [1.807, 2.05) is 4.90 Å². The van der Waals surface area contributed by atoms with Gasteiger partial charge in [-0.3, -0.25) is 4.79 Å². The zero-order valence-electron chi connectivity index (χ0n) is 11.6. The van der Waals surface area contributed by atoms with Crippen molar-refractivity contribution in [3.8, 4) is 5.75 Å². The highest BCUT2D eigenvalue weighted by atomic mass is 16.5. The third-order valence-electron chi connectivity index (χ3n) is 3.63. The summed E-state index contributed by atoms with van der Waals surface area (Å²) in [5, 5.41) is 9.11. The minimum absolute atomic E-state index is 0.0525. The molecule has 4 heteroatoms. The van der Waals surface area contributed by atoms with Gasteiger partial charge < -0.3 is 14.7 Å². The van der Waals surface area contributed by atoms with Gasteiger partial charge in [0.05, 0.1) is 0 Å². The molecular weight excluding hydrogens is 254 g/mol. The first kappa shape index (κ1) is 14.6. The van der Waals surface area contributed by atoms with Crippen LogP contribution in [-0.4, -0.2) is 42.2 Å². The molecule has 1 heterocycles. The van der Waals surface area contributed by atoms with Gasteiger partial charge in [0.2, 0.25) is 0 Å². The van der Waals surface area contributed by atoms with E-state index < -0.39 is 0 Å². The van der Waals surface area contributed by atoms with Gasteiger partial charge in [0, 0.05) is 25.3 Å². The lowest BCUT2D eigenvalue weighted by molar-refractivity contribution is 0.0651. The Morgan fingerprint density at radius 3 is 2.55 bits per heavy atom. The Morgan fingerprint density at radius 1 is 1.35 bits per heavy atom. The molecule has 0 unspecified atom stereocenters. The molecule has 1 aliphatic heterocycles. The van der Waals surface area contributed by atoms with Gasteiger partial charge in [-0.25, -0.2) is 0 Å². The van der Waals surface area contributed by atoms with E-state index in [-0.39, 0.29) is 12.5 Å². The number of piperidine rings is 1. The first-order valence-corrected chi connectivity index (χ1v) is 6.98. The third-order valence-corrected chi connectivity index (χ3v) is 3.63. The van der Waals surface area contributed by atoms with Crippen molar-refractivity contribution in [3.05, 3.63) is 42.5 Å². The maximum absolute atomic E-state index is 12.3. The summed E-state index contributed by atoms with van der Waals surface area (Å²) in [5.74, 6) is 1.13. The third kappa shape index (κ3) is 3.61. The molecule has 1 N–H and O–H groups in total. The van der Waals surface area contributed by atoms with Crippen LogP contribution in [0.3, 0.4) is 0 Å². The molecule has 0 atom stereocenters. The highest BCUT2D eigenvalue weighted by Crippen LogP contribution is 2.19. The Hall–Kier alpha value is -1.81. The van der Waals surface area contributed by atoms with E-state index in [1.165, 1.54) is 0 Å². The van der Waals surface area contributed by atoms with E-state index in [0.717, 1.165) is 31.7 Å². The summed E-state index contributed by atoms with van der Waals surface area (Å²) in [6, 6.07) is 7.19. The van der Waals surface area contributed by atoms with Crippen LogP contribution >= 0.6 is 0 Å². The van der Waals surface area contributed by atoms with Gasteiger partial charge >= 0.3 is 0 Å². The van der Waals surface area contributed by atoms with Gasteiger partial charge in [-0.05, 0) is 43.0 Å². The Bertz CT molecular complexity index is 447. The number of amides is 1. The van der Waals surface area contributed by atoms with E-state index in [2.05, 4.69) is 6.58 Å². The molecule has 1 saturated heterocycles. The van der Waals surface area contributed by atoms with Crippen LogP contribution in [-0.2, 0) is 0 Å². The Labute approximate surface area is 119 Å². The fourth-order valence-electron chi connectivity index (χ4n) is 2.35. The lowest BCUT2D eigenvalue weighted by Crippen LogP contribution is -2.39. The number of carbonyl (C=O) groups is 1. The van der Waals surface area contributed by atoms with Crippen molar-refractivity contribution in [2.45, 2.75) is 12.8 Å². The standard InChI is InChI=1S/C16H21NO3/c1-2-11-20-15-5-3-14(4-6-15)16(19)17-9-7-13(12-18)8-10-17/h2-6,13,18H,1,7-12H2. The SMILES string of the molecule is C=CCOc1ccc(C(=O)N2CCC(CO)CC2)cc1. The average Bonchev–Trinajstić information content (AvgIpc) is 2.53. The number of aliphatic hydroxyl groups excluding tert-OH is 1. The molecule has 0 aromatic heterocycles. The van der Waals surface area contributed by atoms with Crippen molar-refractivity contribution in [2.75, 3.05) is 26.3 Å². The quantitative estimate of drug-likeness (QED) is 0.837. The van der Waals surface area contributed by atoms with Crippen LogP contribution in [0.25, 0.3) is 0 Å².